The molecule has 0 radical (unpaired) electrons. The number of aliphatic hydroxyl groups excluding tert-OH is 5. The van der Waals surface area contributed by atoms with Gasteiger partial charge in [-0.3, -0.25) is 23.2 Å². The molecule has 0 aliphatic carbocycles. The Morgan fingerprint density at radius 2 is 1.37 bits per heavy atom. The normalized spacial score (nSPS) is 20.9. The van der Waals surface area contributed by atoms with Crippen LogP contribution in [-0.2, 0) is 46.3 Å². The molecule has 9 N–H and O–H groups in total. The fourth-order valence-electron chi connectivity index (χ4n) is 7.06. The van der Waals surface area contributed by atoms with E-state index in [1.807, 2.05) is 19.1 Å². The van der Waals surface area contributed by atoms with Crippen LogP contribution in [0.4, 0.5) is 5.82 Å². The van der Waals surface area contributed by atoms with Gasteiger partial charge in [-0.2, -0.15) is 9.29 Å². The Morgan fingerprint density at radius 3 is 2.03 bits per heavy atom. The number of nitrogens with two attached hydrogens (primary N) is 1. The van der Waals surface area contributed by atoms with E-state index in [0.29, 0.717) is 12.8 Å². The largest absolute Gasteiger partial charge is 0.481 e. The van der Waals surface area contributed by atoms with Crippen molar-refractivity contribution in [3.8, 4) is 0 Å². The molecule has 10 atom stereocenters. The Labute approximate surface area is 429 Å². The summed E-state index contributed by atoms with van der Waals surface area (Å²) < 4.78 is 56.5. The molecule has 2 heterocycles. The minimum absolute atomic E-state index is 0.0247. The number of nitrogen functional groups attached to an aromatic ring is 1. The average molecular weight is 1070 g/mol. The van der Waals surface area contributed by atoms with Crippen LogP contribution in [0.15, 0.2) is 90.0 Å². The Hall–Kier alpha value is -3.92. The van der Waals surface area contributed by atoms with Crippen LogP contribution in [-0.4, -0.2) is 119 Å². The smallest absolute Gasteiger partial charge is 0.462 e. The van der Waals surface area contributed by atoms with Gasteiger partial charge in [0.2, 0.25) is 0 Å². The quantitative estimate of drug-likeness (QED) is 0.0108. The fourth-order valence-corrected chi connectivity index (χ4v) is 9.17. The van der Waals surface area contributed by atoms with Gasteiger partial charge in [0.25, 0.3) is 0 Å². The van der Waals surface area contributed by atoms with E-state index in [1.165, 1.54) is 43.9 Å². The molecule has 21 nitrogen and oxygen atoms in total. The second kappa shape index (κ2) is 37.8. The number of hydrogen-bond donors (Lipinski definition) is 8. The molecular weight excluding hydrogens is 993 g/mol. The second-order valence-electron chi connectivity index (χ2n) is 17.5. The molecule has 1 aromatic rings. The number of esters is 2. The van der Waals surface area contributed by atoms with Gasteiger partial charge in [0.05, 0.1) is 31.5 Å². The maximum atomic E-state index is 12.9. The molecule has 1 aliphatic rings. The van der Waals surface area contributed by atoms with Crippen molar-refractivity contribution in [2.75, 3.05) is 25.6 Å². The van der Waals surface area contributed by atoms with Gasteiger partial charge < -0.3 is 55.3 Å². The summed E-state index contributed by atoms with van der Waals surface area (Å²) in [6.07, 6.45) is 26.3. The van der Waals surface area contributed by atoms with E-state index >= 15 is 0 Å². The molecule has 414 valence electrons. The Bertz CT molecular complexity index is 2060. The monoisotopic (exact) mass is 1070 g/mol. The molecule has 73 heavy (non-hydrogen) atoms. The zero-order valence-corrected chi connectivity index (χ0v) is 44.0. The number of phosphoric ester groups is 2. The Balaban J connectivity index is 1.90. The number of carbonyl (C=O) groups is 2. The van der Waals surface area contributed by atoms with Gasteiger partial charge in [-0.1, -0.05) is 138 Å². The number of rotatable bonds is 40. The van der Waals surface area contributed by atoms with Gasteiger partial charge in [0.15, 0.2) is 12.3 Å². The summed E-state index contributed by atoms with van der Waals surface area (Å²) in [5, 5.41) is 51.6. The van der Waals surface area contributed by atoms with Gasteiger partial charge in [-0.15, -0.1) is 0 Å². The molecule has 1 fully saturated rings. The third-order valence-corrected chi connectivity index (χ3v) is 13.7. The molecule has 0 spiro atoms. The summed E-state index contributed by atoms with van der Waals surface area (Å²) in [6, 6.07) is 1.22. The molecular formula is C50H81N3O18P2. The van der Waals surface area contributed by atoms with Gasteiger partial charge in [0.1, 0.15) is 30.7 Å². The van der Waals surface area contributed by atoms with E-state index in [9.17, 15) is 58.8 Å². The van der Waals surface area contributed by atoms with Crippen LogP contribution in [0, 0.1) is 0 Å². The van der Waals surface area contributed by atoms with Crippen molar-refractivity contribution in [1.82, 2.24) is 9.55 Å². The van der Waals surface area contributed by atoms with E-state index in [4.69, 9.17) is 29.0 Å². The van der Waals surface area contributed by atoms with E-state index in [0.717, 1.165) is 68.6 Å². The molecule has 2 rings (SSSR count). The molecule has 0 aromatic carbocycles. The molecule has 1 saturated heterocycles. The third-order valence-electron chi connectivity index (χ3n) is 11.1. The highest BCUT2D eigenvalue weighted by atomic mass is 31.3. The first kappa shape index (κ1) is 65.2. The first-order valence-electron chi connectivity index (χ1n) is 25.3. The number of anilines is 1. The van der Waals surface area contributed by atoms with Gasteiger partial charge in [0, 0.05) is 19.0 Å². The topological polar surface area (TPSA) is 326 Å². The lowest BCUT2D eigenvalue weighted by molar-refractivity contribution is -0.161. The van der Waals surface area contributed by atoms with Crippen LogP contribution < -0.4 is 11.4 Å². The summed E-state index contributed by atoms with van der Waals surface area (Å²) in [6.45, 7) is 1.60. The highest BCUT2D eigenvalue weighted by Crippen LogP contribution is 2.60. The van der Waals surface area contributed by atoms with Crippen LogP contribution in [0.3, 0.4) is 0 Å². The van der Waals surface area contributed by atoms with Crippen molar-refractivity contribution in [3.63, 3.8) is 0 Å². The first-order chi connectivity index (χ1) is 34.9. The van der Waals surface area contributed by atoms with Crippen LogP contribution in [0.1, 0.15) is 142 Å². The van der Waals surface area contributed by atoms with Crippen molar-refractivity contribution in [2.24, 2.45) is 0 Å². The van der Waals surface area contributed by atoms with Crippen LogP contribution >= 0.6 is 15.6 Å². The van der Waals surface area contributed by atoms with Crippen molar-refractivity contribution in [3.05, 3.63) is 95.7 Å². The van der Waals surface area contributed by atoms with Crippen molar-refractivity contribution < 1.29 is 81.6 Å². The maximum absolute atomic E-state index is 12.9. The van der Waals surface area contributed by atoms with E-state index in [1.54, 1.807) is 36.5 Å². The third kappa shape index (κ3) is 30.3. The molecule has 0 amide bonds. The maximum Gasteiger partial charge on any atom is 0.481 e. The SMILES string of the molecule is CC/C=C\C[C@H](O)/C=C/C=C/C=C\C=C/[C@@H](O)[C@H](O)CCCC(=O)O[C@H](COC(=O)CCCCCCCCC/C=C\CCCCCC)COP(=O)(O)OP(=O)(O)OC[C@H]1O[C@@H](n2ccc(N)nc2=O)[C@H](O)[C@@H]1O. The van der Waals surface area contributed by atoms with Gasteiger partial charge >= 0.3 is 33.3 Å². The van der Waals surface area contributed by atoms with Crippen molar-refractivity contribution in [2.45, 2.75) is 185 Å². The lowest BCUT2D eigenvalue weighted by Crippen LogP contribution is -2.36. The number of carbonyl (C=O) groups excluding carboxylic acids is 2. The first-order valence-corrected chi connectivity index (χ1v) is 28.3. The lowest BCUT2D eigenvalue weighted by atomic mass is 10.1. The molecule has 1 aromatic heterocycles. The predicted molar refractivity (Wildman–Crippen MR) is 274 cm³/mol. The van der Waals surface area contributed by atoms with Gasteiger partial charge in [-0.05, 0) is 63.9 Å². The highest BCUT2D eigenvalue weighted by Gasteiger charge is 2.46. The highest BCUT2D eigenvalue weighted by molar-refractivity contribution is 7.61. The molecule has 0 saturated carbocycles. The summed E-state index contributed by atoms with van der Waals surface area (Å²) in [4.78, 5) is 61.9. The summed E-state index contributed by atoms with van der Waals surface area (Å²) in [5.41, 5.74) is 4.55. The Kier molecular flexibility index (Phi) is 33.7. The van der Waals surface area contributed by atoms with Gasteiger partial charge in [-0.25, -0.2) is 13.9 Å². The number of aliphatic hydroxyl groups is 5. The summed E-state index contributed by atoms with van der Waals surface area (Å²) in [7, 11) is -11.0. The fraction of sp³-hybridized carbons (Fsp3) is 0.640. The van der Waals surface area contributed by atoms with Crippen LogP contribution in [0.5, 0.6) is 0 Å². The van der Waals surface area contributed by atoms with Crippen LogP contribution in [0.2, 0.25) is 0 Å². The Morgan fingerprint density at radius 1 is 0.767 bits per heavy atom. The molecule has 0 bridgehead atoms. The standard InChI is InChI=1S/C50H81N3O18P2/c1-3-5-7-8-9-10-11-12-13-14-15-16-17-22-26-32-45(57)66-36-40(69-46(58)33-27-31-42(56)41(55)30-25-21-19-18-20-24-29-39(54)28-23-6-4-2)37-67-72(62,63)71-73(64,65)68-38-43-47(59)48(60)49(70-43)53-35-34-44(51)52-50(53)61/h6,10-11,18-21,23-25,29-30,34-35,39-43,47-49,54-56,59-60H,3-5,7-9,12-17,22,26-28,31-33,36-38H2,1-2H3,(H,62,63)(H,64,65)(H2,51,52,61)/b11-10-,20-18+,21-19-,23-6-,29-24+,30-25-/t39-,40+,41+,42+,43+,47+,48+,49+/m0/s1. The number of nitrogens with zero attached hydrogens (tertiary/aromatic N) is 2. The average Bonchev–Trinajstić information content (AvgIpc) is 3.62. The number of phosphoric acid groups is 2. The number of allylic oxidation sites excluding steroid dienone is 9. The molecule has 1 aliphatic heterocycles. The summed E-state index contributed by atoms with van der Waals surface area (Å²) >= 11 is 0. The zero-order valence-electron chi connectivity index (χ0n) is 42.2. The van der Waals surface area contributed by atoms with E-state index in [-0.39, 0.29) is 31.5 Å². The van der Waals surface area contributed by atoms with Crippen molar-refractivity contribution in [1.29, 1.82) is 0 Å². The van der Waals surface area contributed by atoms with E-state index in [2.05, 4.69) is 28.4 Å². The zero-order chi connectivity index (χ0) is 53.9. The second-order valence-corrected chi connectivity index (χ2v) is 20.5. The minimum atomic E-state index is -5.52. The number of hydrogen-bond acceptors (Lipinski definition) is 18. The van der Waals surface area contributed by atoms with Crippen molar-refractivity contribution >= 4 is 33.4 Å². The number of ether oxygens (including phenoxy) is 3. The lowest BCUT2D eigenvalue weighted by Gasteiger charge is -2.21. The number of aromatic nitrogens is 2. The van der Waals surface area contributed by atoms with Crippen LogP contribution in [0.25, 0.3) is 0 Å². The molecule has 2 unspecified atom stereocenters. The van der Waals surface area contributed by atoms with E-state index < -0.39 is 102 Å². The predicted octanol–water partition coefficient (Wildman–Crippen LogP) is 7.02. The summed E-state index contributed by atoms with van der Waals surface area (Å²) in [5.74, 6) is -1.66. The number of unbranched alkanes of at least 4 members (excludes halogenated alkanes) is 11. The minimum Gasteiger partial charge on any atom is -0.462 e. The molecule has 23 heteroatoms.